The van der Waals surface area contributed by atoms with Crippen molar-refractivity contribution in [3.05, 3.63) is 0 Å². The number of carbonyl (C=O) groups is 3. The summed E-state index contributed by atoms with van der Waals surface area (Å²) in [6.07, 6.45) is -0.373. The van der Waals surface area contributed by atoms with E-state index in [4.69, 9.17) is 0 Å². The fourth-order valence-corrected chi connectivity index (χ4v) is 0.898. The van der Waals surface area contributed by atoms with Crippen molar-refractivity contribution in [3.8, 4) is 0 Å². The van der Waals surface area contributed by atoms with E-state index < -0.39 is 23.8 Å². The molecule has 0 heterocycles. The van der Waals surface area contributed by atoms with Crippen LogP contribution < -0.4 is 0 Å². The van der Waals surface area contributed by atoms with Crippen LogP contribution in [0, 0.1) is 5.92 Å². The summed E-state index contributed by atoms with van der Waals surface area (Å²) >= 11 is 0. The fraction of sp³-hybridized carbons (Fsp3) is 0.667. The molecule has 0 aliphatic carbocycles. The molecule has 6 nitrogen and oxygen atoms in total. The molecule has 1 unspecified atom stereocenters. The van der Waals surface area contributed by atoms with Gasteiger partial charge in [-0.25, -0.2) is 0 Å². The van der Waals surface area contributed by atoms with Crippen LogP contribution >= 0.6 is 0 Å². The summed E-state index contributed by atoms with van der Waals surface area (Å²) in [7, 11) is 2.30. The molecular formula is C9H14O6. The van der Waals surface area contributed by atoms with E-state index in [0.717, 1.165) is 7.11 Å². The van der Waals surface area contributed by atoms with Crippen molar-refractivity contribution in [3.63, 3.8) is 0 Å². The number of hydrogen-bond acceptors (Lipinski definition) is 6. The Morgan fingerprint density at radius 3 is 2.07 bits per heavy atom. The Morgan fingerprint density at radius 2 is 1.67 bits per heavy atom. The van der Waals surface area contributed by atoms with Gasteiger partial charge in [-0.2, -0.15) is 0 Å². The molecule has 0 bridgehead atoms. The monoisotopic (exact) mass is 218 g/mol. The van der Waals surface area contributed by atoms with E-state index in [1.165, 1.54) is 7.11 Å². The molecule has 0 rings (SSSR count). The summed E-state index contributed by atoms with van der Waals surface area (Å²) < 4.78 is 13.4. The highest BCUT2D eigenvalue weighted by atomic mass is 16.6. The molecule has 1 atom stereocenters. The van der Waals surface area contributed by atoms with Crippen LogP contribution in [0.25, 0.3) is 0 Å². The third-order valence-corrected chi connectivity index (χ3v) is 1.66. The summed E-state index contributed by atoms with van der Waals surface area (Å²) in [4.78, 5) is 33.3. The van der Waals surface area contributed by atoms with E-state index >= 15 is 0 Å². The van der Waals surface area contributed by atoms with Gasteiger partial charge in [-0.3, -0.25) is 14.4 Å². The first-order valence-electron chi connectivity index (χ1n) is 4.38. The van der Waals surface area contributed by atoms with Crippen LogP contribution in [0.3, 0.4) is 0 Å². The average Bonchev–Trinajstić information content (AvgIpc) is 2.24. The second-order valence-electron chi connectivity index (χ2n) is 2.61. The Bertz CT molecular complexity index is 247. The Balaban J connectivity index is 4.50. The molecular weight excluding hydrogens is 204 g/mol. The van der Waals surface area contributed by atoms with Gasteiger partial charge in [0.1, 0.15) is 0 Å². The van der Waals surface area contributed by atoms with E-state index in [1.807, 2.05) is 0 Å². The molecule has 0 aliphatic heterocycles. The minimum atomic E-state index is -1.25. The molecule has 0 fully saturated rings. The van der Waals surface area contributed by atoms with Gasteiger partial charge in [0.25, 0.3) is 0 Å². The lowest BCUT2D eigenvalue weighted by atomic mass is 10.1. The van der Waals surface area contributed by atoms with Gasteiger partial charge >= 0.3 is 17.9 Å². The van der Waals surface area contributed by atoms with Crippen molar-refractivity contribution < 1.29 is 28.6 Å². The lowest BCUT2D eigenvalue weighted by Crippen LogP contribution is -2.29. The predicted molar refractivity (Wildman–Crippen MR) is 48.8 cm³/mol. The van der Waals surface area contributed by atoms with Crippen molar-refractivity contribution >= 4 is 17.9 Å². The molecule has 0 saturated heterocycles. The van der Waals surface area contributed by atoms with E-state index in [9.17, 15) is 14.4 Å². The lowest BCUT2D eigenvalue weighted by Gasteiger charge is -2.11. The Kier molecular flexibility index (Phi) is 6.08. The summed E-state index contributed by atoms with van der Waals surface area (Å²) in [5, 5.41) is 0. The van der Waals surface area contributed by atoms with Crippen LogP contribution in [0.5, 0.6) is 0 Å². The van der Waals surface area contributed by atoms with E-state index in [2.05, 4.69) is 14.2 Å². The first-order valence-corrected chi connectivity index (χ1v) is 4.38. The predicted octanol–water partition coefficient (Wildman–Crippen LogP) is -0.0982. The summed E-state index contributed by atoms with van der Waals surface area (Å²) in [5.74, 6) is -3.51. The third-order valence-electron chi connectivity index (χ3n) is 1.66. The molecule has 0 aromatic carbocycles. The van der Waals surface area contributed by atoms with Gasteiger partial charge in [0, 0.05) is 0 Å². The standard InChI is InChI=1S/C9H14O6/c1-4-15-9(12)6(8(11)14-3)5-7(10)13-2/h6H,4-5H2,1-3H3. The molecule has 0 spiro atoms. The molecule has 0 saturated carbocycles. The van der Waals surface area contributed by atoms with Crippen LogP contribution in [0.2, 0.25) is 0 Å². The summed E-state index contributed by atoms with van der Waals surface area (Å²) in [5.41, 5.74) is 0. The van der Waals surface area contributed by atoms with Crippen molar-refractivity contribution in [2.75, 3.05) is 20.8 Å². The van der Waals surface area contributed by atoms with E-state index in [-0.39, 0.29) is 13.0 Å². The number of hydrogen-bond donors (Lipinski definition) is 0. The number of ether oxygens (including phenoxy) is 3. The second kappa shape index (κ2) is 6.80. The number of methoxy groups -OCH3 is 2. The SMILES string of the molecule is CCOC(=O)C(CC(=O)OC)C(=O)OC. The van der Waals surface area contributed by atoms with Gasteiger partial charge in [-0.1, -0.05) is 0 Å². The van der Waals surface area contributed by atoms with Gasteiger partial charge in [0.05, 0.1) is 27.2 Å². The highest BCUT2D eigenvalue weighted by Gasteiger charge is 2.31. The molecule has 15 heavy (non-hydrogen) atoms. The van der Waals surface area contributed by atoms with Gasteiger partial charge in [0.2, 0.25) is 0 Å². The highest BCUT2D eigenvalue weighted by Crippen LogP contribution is 2.09. The van der Waals surface area contributed by atoms with Crippen molar-refractivity contribution in [2.45, 2.75) is 13.3 Å². The summed E-state index contributed by atoms with van der Waals surface area (Å²) in [6, 6.07) is 0. The zero-order chi connectivity index (χ0) is 11.8. The van der Waals surface area contributed by atoms with Crippen LogP contribution in [-0.4, -0.2) is 38.7 Å². The summed E-state index contributed by atoms with van der Waals surface area (Å²) in [6.45, 7) is 1.73. The molecule has 86 valence electrons. The van der Waals surface area contributed by atoms with Crippen LogP contribution in [-0.2, 0) is 28.6 Å². The topological polar surface area (TPSA) is 78.9 Å². The van der Waals surface area contributed by atoms with Gasteiger partial charge in [-0.15, -0.1) is 0 Å². The largest absolute Gasteiger partial charge is 0.469 e. The van der Waals surface area contributed by atoms with Crippen molar-refractivity contribution in [1.82, 2.24) is 0 Å². The maximum atomic E-state index is 11.3. The zero-order valence-electron chi connectivity index (χ0n) is 8.94. The number of rotatable bonds is 5. The second-order valence-corrected chi connectivity index (χ2v) is 2.61. The molecule has 0 amide bonds. The highest BCUT2D eigenvalue weighted by molar-refractivity contribution is 5.98. The third kappa shape index (κ3) is 4.44. The van der Waals surface area contributed by atoms with E-state index in [0.29, 0.717) is 0 Å². The first kappa shape index (κ1) is 13.4. The molecule has 0 aromatic rings. The minimum Gasteiger partial charge on any atom is -0.469 e. The fourth-order valence-electron chi connectivity index (χ4n) is 0.898. The Morgan fingerprint density at radius 1 is 1.07 bits per heavy atom. The molecule has 0 N–H and O–H groups in total. The van der Waals surface area contributed by atoms with Gasteiger partial charge in [0.15, 0.2) is 5.92 Å². The van der Waals surface area contributed by atoms with Crippen LogP contribution in [0.1, 0.15) is 13.3 Å². The lowest BCUT2D eigenvalue weighted by molar-refractivity contribution is -0.164. The maximum Gasteiger partial charge on any atom is 0.320 e. The first-order chi connectivity index (χ1) is 7.06. The van der Waals surface area contributed by atoms with Crippen molar-refractivity contribution in [2.24, 2.45) is 5.92 Å². The van der Waals surface area contributed by atoms with Gasteiger partial charge < -0.3 is 14.2 Å². The quantitative estimate of drug-likeness (QED) is 0.364. The number of esters is 3. The molecule has 0 radical (unpaired) electrons. The molecule has 0 aliphatic rings. The van der Waals surface area contributed by atoms with Crippen molar-refractivity contribution in [1.29, 1.82) is 0 Å². The molecule has 0 aromatic heterocycles. The van der Waals surface area contributed by atoms with Crippen LogP contribution in [0.4, 0.5) is 0 Å². The molecule has 6 heteroatoms. The van der Waals surface area contributed by atoms with E-state index in [1.54, 1.807) is 6.92 Å². The zero-order valence-corrected chi connectivity index (χ0v) is 8.94. The maximum absolute atomic E-state index is 11.3. The average molecular weight is 218 g/mol. The number of carbonyl (C=O) groups excluding carboxylic acids is 3. The van der Waals surface area contributed by atoms with Crippen LogP contribution in [0.15, 0.2) is 0 Å². The van der Waals surface area contributed by atoms with Gasteiger partial charge in [-0.05, 0) is 6.92 Å². The Labute approximate surface area is 87.5 Å². The minimum absolute atomic E-state index is 0.132. The normalized spacial score (nSPS) is 11.4. The smallest absolute Gasteiger partial charge is 0.320 e. The Hall–Kier alpha value is -1.59.